The van der Waals surface area contributed by atoms with E-state index >= 15 is 0 Å². The van der Waals surface area contributed by atoms with Gasteiger partial charge in [0.1, 0.15) is 5.75 Å². The first-order chi connectivity index (χ1) is 10.3. The van der Waals surface area contributed by atoms with Gasteiger partial charge in [-0.15, -0.1) is 0 Å². The molecule has 0 fully saturated rings. The Bertz CT molecular complexity index is 641. The maximum atomic E-state index is 11.0. The lowest BCUT2D eigenvalue weighted by molar-refractivity contribution is -0.114. The number of amides is 1. The molecule has 0 radical (unpaired) electrons. The molecule has 2 rings (SSSR count). The molecule has 0 aliphatic heterocycles. The molecule has 22 heavy (non-hydrogen) atoms. The zero-order valence-corrected chi connectivity index (χ0v) is 13.5. The van der Waals surface area contributed by atoms with Gasteiger partial charge in [-0.3, -0.25) is 4.79 Å². The van der Waals surface area contributed by atoms with Crippen molar-refractivity contribution in [2.45, 2.75) is 46.1 Å². The first kappa shape index (κ1) is 16.0. The Morgan fingerprint density at radius 3 is 2.41 bits per heavy atom. The summed E-state index contributed by atoms with van der Waals surface area (Å²) in [6, 6.07) is 7.11. The summed E-state index contributed by atoms with van der Waals surface area (Å²) in [7, 11) is 0. The van der Waals surface area contributed by atoms with E-state index in [4.69, 9.17) is 9.26 Å². The normalized spacial score (nSPS) is 12.8. The van der Waals surface area contributed by atoms with Crippen molar-refractivity contribution in [1.29, 1.82) is 0 Å². The van der Waals surface area contributed by atoms with Crippen LogP contribution in [0.5, 0.6) is 5.75 Å². The lowest BCUT2D eigenvalue weighted by Gasteiger charge is -2.12. The van der Waals surface area contributed by atoms with Crippen LogP contribution in [0.3, 0.4) is 0 Å². The maximum Gasteiger partial charge on any atom is 0.267 e. The van der Waals surface area contributed by atoms with Gasteiger partial charge < -0.3 is 14.6 Å². The number of ether oxygens (including phenoxy) is 1. The molecule has 1 aromatic carbocycles. The molecule has 0 bridgehead atoms. The van der Waals surface area contributed by atoms with Crippen LogP contribution in [0.4, 0.5) is 5.69 Å². The van der Waals surface area contributed by atoms with Gasteiger partial charge in [0.05, 0.1) is 0 Å². The minimum atomic E-state index is -0.352. The number of aromatic nitrogens is 2. The van der Waals surface area contributed by atoms with Gasteiger partial charge in [-0.1, -0.05) is 25.9 Å². The molecule has 0 unspecified atom stereocenters. The topological polar surface area (TPSA) is 77.2 Å². The predicted octanol–water partition coefficient (Wildman–Crippen LogP) is 3.47. The number of benzene rings is 1. The van der Waals surface area contributed by atoms with Gasteiger partial charge in [-0.2, -0.15) is 4.98 Å². The molecule has 0 spiro atoms. The Labute approximate surface area is 129 Å². The van der Waals surface area contributed by atoms with Gasteiger partial charge in [0.15, 0.2) is 11.9 Å². The Morgan fingerprint density at radius 1 is 1.27 bits per heavy atom. The van der Waals surface area contributed by atoms with Gasteiger partial charge in [0.2, 0.25) is 5.91 Å². The molecule has 6 nitrogen and oxygen atoms in total. The number of nitrogens with one attached hydrogen (secondary N) is 1. The Kier molecular flexibility index (Phi) is 4.49. The average Bonchev–Trinajstić information content (AvgIpc) is 2.90. The summed E-state index contributed by atoms with van der Waals surface area (Å²) < 4.78 is 11.0. The number of carbonyl (C=O) groups is 1. The highest BCUT2D eigenvalue weighted by Crippen LogP contribution is 2.25. The fraction of sp³-hybridized carbons (Fsp3) is 0.438. The highest BCUT2D eigenvalue weighted by atomic mass is 16.5. The SMILES string of the molecule is CC(=O)Nc1ccc(O[C@@H](C)c2nc(C(C)(C)C)no2)cc1. The quantitative estimate of drug-likeness (QED) is 0.935. The number of hydrogen-bond acceptors (Lipinski definition) is 5. The Balaban J connectivity index is 2.04. The van der Waals surface area contributed by atoms with E-state index in [0.717, 1.165) is 5.69 Å². The molecule has 0 saturated carbocycles. The summed E-state index contributed by atoms with van der Waals surface area (Å²) in [5.41, 5.74) is 0.557. The molecule has 1 atom stereocenters. The van der Waals surface area contributed by atoms with Crippen molar-refractivity contribution in [2.24, 2.45) is 0 Å². The van der Waals surface area contributed by atoms with Gasteiger partial charge in [0.25, 0.3) is 5.89 Å². The van der Waals surface area contributed by atoms with Crippen LogP contribution >= 0.6 is 0 Å². The molecule has 1 aromatic heterocycles. The number of carbonyl (C=O) groups excluding carboxylic acids is 1. The van der Waals surface area contributed by atoms with E-state index < -0.39 is 0 Å². The third-order valence-corrected chi connectivity index (χ3v) is 2.95. The second kappa shape index (κ2) is 6.17. The summed E-state index contributed by atoms with van der Waals surface area (Å²) in [6.45, 7) is 9.38. The van der Waals surface area contributed by atoms with Crippen LogP contribution in [0.1, 0.15) is 52.4 Å². The van der Waals surface area contributed by atoms with Crippen molar-refractivity contribution in [3.8, 4) is 5.75 Å². The molecule has 6 heteroatoms. The molecular formula is C16H21N3O3. The van der Waals surface area contributed by atoms with Crippen LogP contribution in [0.15, 0.2) is 28.8 Å². The lowest BCUT2D eigenvalue weighted by atomic mass is 9.96. The van der Waals surface area contributed by atoms with Crippen molar-refractivity contribution in [3.05, 3.63) is 36.0 Å². The van der Waals surface area contributed by atoms with Crippen molar-refractivity contribution in [2.75, 3.05) is 5.32 Å². The molecule has 2 aromatic rings. The van der Waals surface area contributed by atoms with Crippen LogP contribution in [0.2, 0.25) is 0 Å². The van der Waals surface area contributed by atoms with E-state index in [9.17, 15) is 4.79 Å². The van der Waals surface area contributed by atoms with E-state index in [1.54, 1.807) is 24.3 Å². The van der Waals surface area contributed by atoms with Crippen LogP contribution in [0.25, 0.3) is 0 Å². The van der Waals surface area contributed by atoms with Gasteiger partial charge in [-0.05, 0) is 31.2 Å². The standard InChI is InChI=1S/C16H21N3O3/c1-10(14-18-15(19-22-14)16(3,4)5)21-13-8-6-12(7-9-13)17-11(2)20/h6-10H,1-5H3,(H,17,20)/t10-/m0/s1. The van der Waals surface area contributed by atoms with Crippen LogP contribution in [0, 0.1) is 0 Å². The molecule has 0 saturated heterocycles. The second-order valence-electron chi connectivity index (χ2n) is 6.17. The highest BCUT2D eigenvalue weighted by molar-refractivity contribution is 5.88. The van der Waals surface area contributed by atoms with Crippen molar-refractivity contribution >= 4 is 11.6 Å². The molecule has 0 aliphatic carbocycles. The zero-order chi connectivity index (χ0) is 16.3. The Morgan fingerprint density at radius 2 is 1.91 bits per heavy atom. The minimum Gasteiger partial charge on any atom is -0.481 e. The molecule has 1 N–H and O–H groups in total. The fourth-order valence-electron chi connectivity index (χ4n) is 1.78. The predicted molar refractivity (Wildman–Crippen MR) is 82.8 cm³/mol. The average molecular weight is 303 g/mol. The van der Waals surface area contributed by atoms with E-state index in [1.165, 1.54) is 6.92 Å². The number of anilines is 1. The van der Waals surface area contributed by atoms with Crippen LogP contribution < -0.4 is 10.1 Å². The monoisotopic (exact) mass is 303 g/mol. The van der Waals surface area contributed by atoms with Crippen molar-refractivity contribution < 1.29 is 14.1 Å². The number of rotatable bonds is 4. The van der Waals surface area contributed by atoms with E-state index in [-0.39, 0.29) is 17.4 Å². The summed E-state index contributed by atoms with van der Waals surface area (Å²) in [5.74, 6) is 1.65. The molecular weight excluding hydrogens is 282 g/mol. The number of nitrogens with zero attached hydrogens (tertiary/aromatic N) is 2. The van der Waals surface area contributed by atoms with Gasteiger partial charge in [-0.25, -0.2) is 0 Å². The molecule has 1 heterocycles. The maximum absolute atomic E-state index is 11.0. The van der Waals surface area contributed by atoms with E-state index in [0.29, 0.717) is 17.5 Å². The molecule has 118 valence electrons. The smallest absolute Gasteiger partial charge is 0.267 e. The first-order valence-corrected chi connectivity index (χ1v) is 7.14. The van der Waals surface area contributed by atoms with E-state index in [2.05, 4.69) is 15.5 Å². The van der Waals surface area contributed by atoms with Crippen LogP contribution in [-0.2, 0) is 10.2 Å². The molecule has 0 aliphatic rings. The van der Waals surface area contributed by atoms with E-state index in [1.807, 2.05) is 27.7 Å². The summed E-state index contributed by atoms with van der Waals surface area (Å²) >= 11 is 0. The van der Waals surface area contributed by atoms with Crippen molar-refractivity contribution in [1.82, 2.24) is 10.1 Å². The molecule has 1 amide bonds. The summed E-state index contributed by atoms with van der Waals surface area (Å²) in [6.07, 6.45) is -0.352. The third kappa shape index (κ3) is 4.07. The summed E-state index contributed by atoms with van der Waals surface area (Å²) in [4.78, 5) is 15.3. The zero-order valence-electron chi connectivity index (χ0n) is 13.5. The highest BCUT2D eigenvalue weighted by Gasteiger charge is 2.23. The van der Waals surface area contributed by atoms with Gasteiger partial charge in [0, 0.05) is 18.0 Å². The first-order valence-electron chi connectivity index (χ1n) is 7.14. The third-order valence-electron chi connectivity index (χ3n) is 2.95. The summed E-state index contributed by atoms with van der Waals surface area (Å²) in [5, 5.41) is 6.68. The fourth-order valence-corrected chi connectivity index (χ4v) is 1.78. The van der Waals surface area contributed by atoms with Crippen molar-refractivity contribution in [3.63, 3.8) is 0 Å². The second-order valence-corrected chi connectivity index (χ2v) is 6.17. The van der Waals surface area contributed by atoms with Gasteiger partial charge >= 0.3 is 0 Å². The minimum absolute atomic E-state index is 0.109. The number of hydrogen-bond donors (Lipinski definition) is 1. The Hall–Kier alpha value is -2.37. The largest absolute Gasteiger partial charge is 0.481 e. The lowest BCUT2D eigenvalue weighted by Crippen LogP contribution is -2.13. The van der Waals surface area contributed by atoms with Crippen LogP contribution in [-0.4, -0.2) is 16.0 Å².